The minimum atomic E-state index is -1.11. The number of hydrogen-bond acceptors (Lipinski definition) is 30. The van der Waals surface area contributed by atoms with Crippen molar-refractivity contribution in [2.75, 3.05) is 159 Å². The summed E-state index contributed by atoms with van der Waals surface area (Å²) in [5, 5.41) is 250. The first-order chi connectivity index (χ1) is 39.1. The number of carboxylic acid groups (broad SMARTS) is 6. The maximum absolute atomic E-state index is 9.25. The third-order valence-corrected chi connectivity index (χ3v) is 9.10. The molecule has 30 N–H and O–H groups in total. The summed E-state index contributed by atoms with van der Waals surface area (Å²) in [6.45, 7) is 8.01. The van der Waals surface area contributed by atoms with Crippen LogP contribution >= 0.6 is 0 Å². The van der Waals surface area contributed by atoms with Crippen LogP contribution in [0.5, 0.6) is 0 Å². The van der Waals surface area contributed by atoms with Gasteiger partial charge in [-0.15, -0.1) is 0 Å². The maximum atomic E-state index is 9.25. The average molecular weight is 1250 g/mol. The lowest BCUT2D eigenvalue weighted by Crippen LogP contribution is -2.37. The highest BCUT2D eigenvalue weighted by Crippen LogP contribution is 2.15. The standard InChI is InChI=1S/6C5H12O4.6C3H4O2/c6*6-1-5(2-7,3-8)4-9;6*1-2-3(4)5/h6*6-9H,1-4H2;6*2H,1H2,(H,4,5). The van der Waals surface area contributed by atoms with Gasteiger partial charge in [0.1, 0.15) is 0 Å². The van der Waals surface area contributed by atoms with Crippen molar-refractivity contribution >= 4 is 35.8 Å². The van der Waals surface area contributed by atoms with E-state index in [1.54, 1.807) is 0 Å². The van der Waals surface area contributed by atoms with Crippen molar-refractivity contribution in [3.05, 3.63) is 75.9 Å². The molecule has 504 valence electrons. The van der Waals surface area contributed by atoms with Gasteiger partial charge in [-0.05, 0) is 0 Å². The Labute approximate surface area is 484 Å². The van der Waals surface area contributed by atoms with Gasteiger partial charge in [0.2, 0.25) is 0 Å². The monoisotopic (exact) mass is 1250 g/mol. The lowest BCUT2D eigenvalue weighted by molar-refractivity contribution is -0.132. The molecule has 0 fully saturated rings. The first-order valence-corrected chi connectivity index (χ1v) is 22.8. The van der Waals surface area contributed by atoms with Crippen LogP contribution in [0.3, 0.4) is 0 Å². The van der Waals surface area contributed by atoms with Gasteiger partial charge in [0.25, 0.3) is 0 Å². The SMILES string of the molecule is C=CC(=O)O.C=CC(=O)O.C=CC(=O)O.C=CC(=O)O.C=CC(=O)O.C=CC(=O)O.OCC(CO)(CO)CO.OCC(CO)(CO)CO.OCC(CO)(CO)CO.OCC(CO)(CO)CO.OCC(CO)(CO)CO.OCC(CO)(CO)CO. The fourth-order valence-corrected chi connectivity index (χ4v) is 1.80. The van der Waals surface area contributed by atoms with E-state index in [-0.39, 0.29) is 0 Å². The molecule has 84 heavy (non-hydrogen) atoms. The molecular formula is C48H96O36. The summed E-state index contributed by atoms with van der Waals surface area (Å²) in [7, 11) is 0. The largest absolute Gasteiger partial charge is 0.478 e. The first kappa shape index (κ1) is 106. The third-order valence-electron chi connectivity index (χ3n) is 9.10. The van der Waals surface area contributed by atoms with E-state index in [0.717, 1.165) is 36.5 Å². The van der Waals surface area contributed by atoms with Crippen molar-refractivity contribution in [1.29, 1.82) is 0 Å². The molecule has 0 unspecified atom stereocenters. The van der Waals surface area contributed by atoms with Crippen molar-refractivity contribution in [2.24, 2.45) is 32.5 Å². The Morgan fingerprint density at radius 3 is 0.214 bits per heavy atom. The molecule has 36 heteroatoms. The highest BCUT2D eigenvalue weighted by Gasteiger charge is 2.30. The van der Waals surface area contributed by atoms with E-state index < -0.39 is 227 Å². The molecule has 0 aromatic carbocycles. The molecule has 0 heterocycles. The molecule has 0 saturated heterocycles. The topological polar surface area (TPSA) is 709 Å². The normalized spacial score (nSPS) is 10.0. The van der Waals surface area contributed by atoms with Gasteiger partial charge in [-0.2, -0.15) is 0 Å². The summed E-state index contributed by atoms with van der Waals surface area (Å²) in [6.07, 6.45) is 5.00. The van der Waals surface area contributed by atoms with Gasteiger partial charge < -0.3 is 153 Å². The van der Waals surface area contributed by atoms with E-state index in [9.17, 15) is 28.8 Å². The second-order valence-electron chi connectivity index (χ2n) is 16.0. The van der Waals surface area contributed by atoms with Gasteiger partial charge in [0, 0.05) is 36.5 Å². The Morgan fingerprint density at radius 1 is 0.179 bits per heavy atom. The van der Waals surface area contributed by atoms with Crippen LogP contribution < -0.4 is 0 Å². The second kappa shape index (κ2) is 73.4. The van der Waals surface area contributed by atoms with Crippen LogP contribution in [-0.4, -0.2) is 348 Å². The van der Waals surface area contributed by atoms with E-state index in [1.807, 2.05) is 0 Å². The van der Waals surface area contributed by atoms with Crippen molar-refractivity contribution < 1.29 is 182 Å². The molecule has 36 nitrogen and oxygen atoms in total. The quantitative estimate of drug-likeness (QED) is 0.0297. The molecule has 0 bridgehead atoms. The molecule has 0 aliphatic heterocycles. The van der Waals surface area contributed by atoms with Gasteiger partial charge in [-0.25, -0.2) is 28.8 Å². The van der Waals surface area contributed by atoms with Crippen molar-refractivity contribution in [1.82, 2.24) is 0 Å². The Hall–Kier alpha value is -5.70. The molecule has 0 atom stereocenters. The molecule has 0 amide bonds. The molecule has 0 aromatic heterocycles. The summed E-state index contributed by atoms with van der Waals surface area (Å²) in [5.41, 5.74) is -6.67. The lowest BCUT2D eigenvalue weighted by atomic mass is 9.93. The first-order valence-electron chi connectivity index (χ1n) is 22.8. The number of aliphatic hydroxyl groups is 24. The number of carboxylic acids is 6. The van der Waals surface area contributed by atoms with Crippen molar-refractivity contribution in [3.63, 3.8) is 0 Å². The smallest absolute Gasteiger partial charge is 0.327 e. The van der Waals surface area contributed by atoms with Crippen LogP contribution in [0.25, 0.3) is 0 Å². The fraction of sp³-hybridized carbons (Fsp3) is 0.625. The second-order valence-corrected chi connectivity index (χ2v) is 16.0. The third kappa shape index (κ3) is 70.6. The number of aliphatic hydroxyl groups excluding tert-OH is 24. The van der Waals surface area contributed by atoms with Gasteiger partial charge in [-0.1, -0.05) is 39.5 Å². The van der Waals surface area contributed by atoms with Gasteiger partial charge in [0.15, 0.2) is 0 Å². The van der Waals surface area contributed by atoms with Crippen LogP contribution in [0.4, 0.5) is 0 Å². The summed E-state index contributed by atoms with van der Waals surface area (Å²) >= 11 is 0. The van der Waals surface area contributed by atoms with Crippen LogP contribution in [0, 0.1) is 32.5 Å². The lowest BCUT2D eigenvalue weighted by Gasteiger charge is -2.23. The molecule has 0 rings (SSSR count). The van der Waals surface area contributed by atoms with Crippen LogP contribution in [-0.2, 0) is 28.8 Å². The Kier molecular flexibility index (Phi) is 93.0. The average Bonchev–Trinajstić information content (AvgIpc) is 3.53. The Balaban J connectivity index is -0.0000000680. The molecular weight excluding hydrogens is 1150 g/mol. The summed E-state index contributed by atoms with van der Waals surface area (Å²) in [5.74, 6) is -5.89. The van der Waals surface area contributed by atoms with Crippen LogP contribution in [0.15, 0.2) is 75.9 Å². The zero-order chi connectivity index (χ0) is 69.7. The Morgan fingerprint density at radius 2 is 0.214 bits per heavy atom. The molecule has 0 saturated carbocycles. The minimum Gasteiger partial charge on any atom is -0.478 e. The van der Waals surface area contributed by atoms with Crippen LogP contribution in [0.2, 0.25) is 0 Å². The van der Waals surface area contributed by atoms with E-state index in [4.69, 9.17) is 153 Å². The van der Waals surface area contributed by atoms with Crippen molar-refractivity contribution in [2.45, 2.75) is 0 Å². The number of rotatable bonds is 30. The summed E-state index contributed by atoms with van der Waals surface area (Å²) < 4.78 is 0. The Bertz CT molecular complexity index is 1170. The number of aliphatic carboxylic acids is 6. The zero-order valence-corrected chi connectivity index (χ0v) is 46.5. The molecule has 0 aromatic rings. The molecule has 0 aliphatic carbocycles. The minimum absolute atomic E-state index is 0.406. The summed E-state index contributed by atoms with van der Waals surface area (Å²) in [4.78, 5) is 55.5. The van der Waals surface area contributed by atoms with Crippen molar-refractivity contribution in [3.8, 4) is 0 Å². The zero-order valence-electron chi connectivity index (χ0n) is 46.5. The number of hydrogen-bond donors (Lipinski definition) is 30. The van der Waals surface area contributed by atoms with Crippen LogP contribution in [0.1, 0.15) is 0 Å². The maximum Gasteiger partial charge on any atom is 0.327 e. The number of carbonyl (C=O) groups is 6. The molecule has 0 aliphatic rings. The van der Waals surface area contributed by atoms with E-state index >= 15 is 0 Å². The molecule has 0 spiro atoms. The van der Waals surface area contributed by atoms with Gasteiger partial charge in [0.05, 0.1) is 191 Å². The van der Waals surface area contributed by atoms with Gasteiger partial charge in [-0.3, -0.25) is 0 Å². The fourth-order valence-electron chi connectivity index (χ4n) is 1.80. The highest BCUT2D eigenvalue weighted by molar-refractivity contribution is 5.80. The molecule has 0 radical (unpaired) electrons. The van der Waals surface area contributed by atoms with E-state index in [1.165, 1.54) is 0 Å². The predicted molar refractivity (Wildman–Crippen MR) is 292 cm³/mol. The van der Waals surface area contributed by atoms with Gasteiger partial charge >= 0.3 is 35.8 Å². The highest BCUT2D eigenvalue weighted by atomic mass is 16.4. The van der Waals surface area contributed by atoms with E-state index in [0.29, 0.717) is 0 Å². The predicted octanol–water partition coefficient (Wildman–Crippen LogP) is -10.8. The van der Waals surface area contributed by atoms with E-state index in [2.05, 4.69) is 39.5 Å². The summed E-state index contributed by atoms with van der Waals surface area (Å²) in [6, 6.07) is 0.